The molecule has 1 fully saturated rings. The number of furan rings is 1. The van der Waals surface area contributed by atoms with E-state index in [-0.39, 0.29) is 12.1 Å². The molecule has 5 atom stereocenters. The fourth-order valence-electron chi connectivity index (χ4n) is 8.59. The molecule has 2 aromatic heterocycles. The van der Waals surface area contributed by atoms with Crippen LogP contribution < -0.4 is 5.32 Å². The molecule has 1 aliphatic heterocycles. The second-order valence-corrected chi connectivity index (χ2v) is 14.9. The smallest absolute Gasteiger partial charge is 0.135 e. The summed E-state index contributed by atoms with van der Waals surface area (Å²) >= 11 is 9.01. The minimum Gasteiger partial charge on any atom is -0.456 e. The van der Waals surface area contributed by atoms with Gasteiger partial charge in [0.05, 0.1) is 5.02 Å². The Morgan fingerprint density at radius 2 is 1.47 bits per heavy atom. The van der Waals surface area contributed by atoms with Gasteiger partial charge in [0.15, 0.2) is 0 Å². The van der Waals surface area contributed by atoms with E-state index < -0.39 is 0 Å². The van der Waals surface area contributed by atoms with Crippen molar-refractivity contribution in [1.82, 2.24) is 5.32 Å². The standard InChI is InChI=1S/C43H36ClNOS/c1-3-30-34(31-15-10-17-37-40(31)32-13-6-8-16-36(32)46-37)21-25(2)42(45-43(30)28-20-19-26-11-4-5-12-27(26)22-28)29-23-35(44)41-33-14-7-9-18-38(33)47-39(41)24-29/h4-20,22-25,30,34,42-43,45H,3,21H2,1-2H3. The first-order valence-electron chi connectivity index (χ1n) is 16.8. The van der Waals surface area contributed by atoms with Gasteiger partial charge in [0.25, 0.3) is 0 Å². The van der Waals surface area contributed by atoms with Crippen LogP contribution in [0.3, 0.4) is 0 Å². The minimum absolute atomic E-state index is 0.137. The first-order chi connectivity index (χ1) is 23.1. The van der Waals surface area contributed by atoms with E-state index in [2.05, 4.69) is 140 Å². The Morgan fingerprint density at radius 3 is 2.34 bits per heavy atom. The third-order valence-corrected chi connectivity index (χ3v) is 12.2. The lowest BCUT2D eigenvalue weighted by molar-refractivity contribution is 0.309. The van der Waals surface area contributed by atoms with Crippen molar-refractivity contribution in [3.63, 3.8) is 0 Å². The first-order valence-corrected chi connectivity index (χ1v) is 18.0. The van der Waals surface area contributed by atoms with Crippen LogP contribution in [0.25, 0.3) is 52.9 Å². The topological polar surface area (TPSA) is 25.2 Å². The molecule has 0 spiro atoms. The second kappa shape index (κ2) is 11.5. The molecular formula is C43H36ClNOS. The van der Waals surface area contributed by atoms with Gasteiger partial charge in [-0.1, -0.05) is 117 Å². The number of para-hydroxylation sites is 1. The molecule has 232 valence electrons. The summed E-state index contributed by atoms with van der Waals surface area (Å²) in [5.74, 6) is 1.06. The van der Waals surface area contributed by atoms with Crippen LogP contribution in [0.5, 0.6) is 0 Å². The average Bonchev–Trinajstić information content (AvgIpc) is 3.63. The number of fused-ring (bicyclic) bond motifs is 7. The van der Waals surface area contributed by atoms with Crippen LogP contribution in [-0.4, -0.2) is 0 Å². The fourth-order valence-corrected chi connectivity index (χ4v) is 10.2. The lowest BCUT2D eigenvalue weighted by Gasteiger charge is -2.33. The van der Waals surface area contributed by atoms with Gasteiger partial charge in [0, 0.05) is 43.0 Å². The summed E-state index contributed by atoms with van der Waals surface area (Å²) in [4.78, 5) is 0. The number of halogens is 1. The van der Waals surface area contributed by atoms with Gasteiger partial charge in [0.1, 0.15) is 11.2 Å². The van der Waals surface area contributed by atoms with Crippen LogP contribution in [-0.2, 0) is 0 Å². The predicted octanol–water partition coefficient (Wildman–Crippen LogP) is 13.0. The van der Waals surface area contributed by atoms with Crippen LogP contribution in [0.15, 0.2) is 126 Å². The van der Waals surface area contributed by atoms with E-state index in [9.17, 15) is 0 Å². The Labute approximate surface area is 284 Å². The first kappa shape index (κ1) is 29.0. The van der Waals surface area contributed by atoms with E-state index >= 15 is 0 Å². The number of nitrogens with one attached hydrogen (secondary N) is 1. The van der Waals surface area contributed by atoms with E-state index in [4.69, 9.17) is 16.0 Å². The quantitative estimate of drug-likeness (QED) is 0.205. The van der Waals surface area contributed by atoms with Crippen molar-refractivity contribution < 1.29 is 4.42 Å². The zero-order valence-electron chi connectivity index (χ0n) is 26.5. The molecule has 0 saturated carbocycles. The van der Waals surface area contributed by atoms with Crippen molar-refractivity contribution in [2.75, 3.05) is 0 Å². The lowest BCUT2D eigenvalue weighted by Crippen LogP contribution is -2.32. The van der Waals surface area contributed by atoms with Gasteiger partial charge in [-0.05, 0) is 88.0 Å². The predicted molar refractivity (Wildman–Crippen MR) is 201 cm³/mol. The largest absolute Gasteiger partial charge is 0.456 e. The molecule has 5 unspecified atom stereocenters. The number of thiophene rings is 1. The van der Waals surface area contributed by atoms with Crippen LogP contribution in [0.1, 0.15) is 61.4 Å². The Morgan fingerprint density at radius 1 is 0.702 bits per heavy atom. The van der Waals surface area contributed by atoms with E-state index in [0.29, 0.717) is 17.8 Å². The summed E-state index contributed by atoms with van der Waals surface area (Å²) in [5.41, 5.74) is 5.95. The molecule has 9 rings (SSSR count). The monoisotopic (exact) mass is 649 g/mol. The number of hydrogen-bond acceptors (Lipinski definition) is 3. The molecule has 0 amide bonds. The van der Waals surface area contributed by atoms with Gasteiger partial charge in [-0.2, -0.15) is 0 Å². The third-order valence-electron chi connectivity index (χ3n) is 10.7. The highest BCUT2D eigenvalue weighted by Crippen LogP contribution is 2.51. The van der Waals surface area contributed by atoms with Crippen molar-refractivity contribution in [2.45, 2.75) is 44.7 Å². The molecule has 8 aromatic rings. The molecule has 1 N–H and O–H groups in total. The maximum absolute atomic E-state index is 7.17. The van der Waals surface area contributed by atoms with Gasteiger partial charge < -0.3 is 9.73 Å². The molecule has 0 aliphatic carbocycles. The lowest BCUT2D eigenvalue weighted by atomic mass is 9.73. The number of hydrogen-bond donors (Lipinski definition) is 1. The summed E-state index contributed by atoms with van der Waals surface area (Å²) < 4.78 is 8.95. The van der Waals surface area contributed by atoms with Gasteiger partial charge in [-0.15, -0.1) is 11.3 Å². The zero-order valence-corrected chi connectivity index (χ0v) is 28.1. The summed E-state index contributed by atoms with van der Waals surface area (Å²) in [6.45, 7) is 4.79. The van der Waals surface area contributed by atoms with Crippen molar-refractivity contribution >= 4 is 75.8 Å². The van der Waals surface area contributed by atoms with Crippen LogP contribution in [0.4, 0.5) is 0 Å². The maximum Gasteiger partial charge on any atom is 0.135 e. The Kier molecular flexibility index (Phi) is 7.12. The van der Waals surface area contributed by atoms with E-state index in [0.717, 1.165) is 29.0 Å². The van der Waals surface area contributed by atoms with E-state index in [1.54, 1.807) is 0 Å². The molecule has 3 heterocycles. The molecule has 0 radical (unpaired) electrons. The van der Waals surface area contributed by atoms with Crippen LogP contribution in [0, 0.1) is 11.8 Å². The number of rotatable bonds is 4. The highest BCUT2D eigenvalue weighted by molar-refractivity contribution is 7.26. The molecule has 6 aromatic carbocycles. The molecule has 47 heavy (non-hydrogen) atoms. The van der Waals surface area contributed by atoms with Crippen molar-refractivity contribution in [3.05, 3.63) is 143 Å². The van der Waals surface area contributed by atoms with E-state index in [1.807, 2.05) is 11.3 Å². The summed E-state index contributed by atoms with van der Waals surface area (Å²) in [6, 6.07) is 44.5. The van der Waals surface area contributed by atoms with Crippen LogP contribution >= 0.6 is 22.9 Å². The Balaban J connectivity index is 1.23. The summed E-state index contributed by atoms with van der Waals surface area (Å²) in [6.07, 6.45) is 2.11. The van der Waals surface area contributed by atoms with Crippen molar-refractivity contribution in [3.8, 4) is 0 Å². The Bertz CT molecular complexity index is 2440. The molecule has 1 saturated heterocycles. The summed E-state index contributed by atoms with van der Waals surface area (Å²) in [7, 11) is 0. The van der Waals surface area contributed by atoms with Gasteiger partial charge in [-0.3, -0.25) is 0 Å². The Hall–Kier alpha value is -4.15. The normalized spacial score (nSPS) is 22.1. The van der Waals surface area contributed by atoms with E-state index in [1.165, 1.54) is 58.4 Å². The third kappa shape index (κ3) is 4.79. The van der Waals surface area contributed by atoms with Crippen molar-refractivity contribution in [1.29, 1.82) is 0 Å². The zero-order chi connectivity index (χ0) is 31.6. The SMILES string of the molecule is CCC1C(c2cccc3oc4ccccc4c23)CC(C)C(c2cc(Cl)c3c(c2)sc2ccccc23)NC1c1ccc2ccccc2c1. The summed E-state index contributed by atoms with van der Waals surface area (Å²) in [5, 5.41) is 12.6. The molecule has 2 nitrogen and oxygen atoms in total. The average molecular weight is 650 g/mol. The molecule has 0 bridgehead atoms. The molecule has 4 heteroatoms. The molecular weight excluding hydrogens is 614 g/mol. The minimum atomic E-state index is 0.137. The number of benzene rings is 6. The highest BCUT2D eigenvalue weighted by atomic mass is 35.5. The van der Waals surface area contributed by atoms with Gasteiger partial charge in [0.2, 0.25) is 0 Å². The fraction of sp³-hybridized carbons (Fsp3) is 0.209. The second-order valence-electron chi connectivity index (χ2n) is 13.4. The van der Waals surface area contributed by atoms with Gasteiger partial charge in [-0.25, -0.2) is 0 Å². The molecule has 1 aliphatic rings. The van der Waals surface area contributed by atoms with Crippen molar-refractivity contribution in [2.24, 2.45) is 11.8 Å². The maximum atomic E-state index is 7.17. The van der Waals surface area contributed by atoms with Crippen LogP contribution in [0.2, 0.25) is 5.02 Å². The highest BCUT2D eigenvalue weighted by Gasteiger charge is 2.40. The van der Waals surface area contributed by atoms with Gasteiger partial charge >= 0.3 is 0 Å².